The highest BCUT2D eigenvalue weighted by Crippen LogP contribution is 2.46. The van der Waals surface area contributed by atoms with Crippen molar-refractivity contribution in [2.24, 2.45) is 0 Å². The Morgan fingerprint density at radius 1 is 1.00 bits per heavy atom. The van der Waals surface area contributed by atoms with E-state index >= 15 is 0 Å². The molecule has 1 unspecified atom stereocenters. The molecule has 1 saturated heterocycles. The van der Waals surface area contributed by atoms with Gasteiger partial charge in [0, 0.05) is 12.2 Å². The fourth-order valence-electron chi connectivity index (χ4n) is 3.64. The first kappa shape index (κ1) is 14.3. The van der Waals surface area contributed by atoms with E-state index in [0.717, 1.165) is 24.6 Å². The van der Waals surface area contributed by atoms with E-state index in [0.29, 0.717) is 10.5 Å². The summed E-state index contributed by atoms with van der Waals surface area (Å²) < 4.78 is 14.4. The first-order valence-corrected chi connectivity index (χ1v) is 8.84. The van der Waals surface area contributed by atoms with Crippen molar-refractivity contribution in [1.82, 2.24) is 0 Å². The Kier molecular flexibility index (Phi) is 3.69. The molecule has 1 atom stereocenters. The van der Waals surface area contributed by atoms with Gasteiger partial charge in [0.2, 0.25) is 0 Å². The zero-order valence-corrected chi connectivity index (χ0v) is 14.0. The van der Waals surface area contributed by atoms with E-state index in [1.54, 1.807) is 6.07 Å². The molecule has 2 aromatic rings. The maximum absolute atomic E-state index is 13.9. The number of halogens is 2. The van der Waals surface area contributed by atoms with Gasteiger partial charge in [0.05, 0.1) is 10.5 Å². The van der Waals surface area contributed by atoms with Crippen LogP contribution in [0.1, 0.15) is 48.8 Å². The molecular weight excluding hydrogens is 341 g/mol. The summed E-state index contributed by atoms with van der Waals surface area (Å²) in [6, 6.07) is 14.7. The molecule has 1 aliphatic carbocycles. The minimum absolute atomic E-state index is 0.182. The van der Waals surface area contributed by atoms with Gasteiger partial charge in [0.15, 0.2) is 0 Å². The Labute approximate surface area is 139 Å². The van der Waals surface area contributed by atoms with Gasteiger partial charge in [0.25, 0.3) is 0 Å². The van der Waals surface area contributed by atoms with Gasteiger partial charge in [0.1, 0.15) is 5.82 Å². The van der Waals surface area contributed by atoms with Crippen molar-refractivity contribution in [3.63, 3.8) is 0 Å². The number of hydrogen-bond donors (Lipinski definition) is 0. The lowest BCUT2D eigenvalue weighted by molar-refractivity contribution is 0.618. The second-order valence-electron chi connectivity index (χ2n) is 6.35. The third-order valence-electron chi connectivity index (χ3n) is 4.86. The molecule has 2 aromatic carbocycles. The van der Waals surface area contributed by atoms with Crippen LogP contribution in [0, 0.1) is 5.82 Å². The van der Waals surface area contributed by atoms with Gasteiger partial charge in [-0.1, -0.05) is 24.3 Å². The monoisotopic (exact) mass is 359 g/mol. The normalized spacial score (nSPS) is 21.4. The highest BCUT2D eigenvalue weighted by atomic mass is 79.9. The predicted octanol–water partition coefficient (Wildman–Crippen LogP) is 5.81. The third-order valence-corrected chi connectivity index (χ3v) is 5.50. The number of anilines is 1. The largest absolute Gasteiger partial charge is 0.364 e. The molecule has 2 aliphatic rings. The molecule has 114 valence electrons. The summed E-state index contributed by atoms with van der Waals surface area (Å²) in [7, 11) is 0. The van der Waals surface area contributed by atoms with E-state index in [9.17, 15) is 4.39 Å². The van der Waals surface area contributed by atoms with Crippen molar-refractivity contribution in [2.75, 3.05) is 11.4 Å². The van der Waals surface area contributed by atoms with Crippen LogP contribution in [0.2, 0.25) is 0 Å². The van der Waals surface area contributed by atoms with Gasteiger partial charge in [-0.3, -0.25) is 0 Å². The fourth-order valence-corrected chi connectivity index (χ4v) is 3.89. The Bertz CT molecular complexity index is 696. The van der Waals surface area contributed by atoms with Crippen molar-refractivity contribution >= 4 is 21.6 Å². The van der Waals surface area contributed by atoms with Crippen LogP contribution in [0.5, 0.6) is 0 Å². The van der Waals surface area contributed by atoms with Crippen LogP contribution in [0.25, 0.3) is 0 Å². The Morgan fingerprint density at radius 3 is 2.50 bits per heavy atom. The zero-order valence-electron chi connectivity index (χ0n) is 12.4. The smallest absolute Gasteiger partial charge is 0.139 e. The van der Waals surface area contributed by atoms with Gasteiger partial charge in [-0.15, -0.1) is 0 Å². The molecule has 0 N–H and O–H groups in total. The van der Waals surface area contributed by atoms with Gasteiger partial charge in [-0.25, -0.2) is 4.39 Å². The maximum atomic E-state index is 13.9. The van der Waals surface area contributed by atoms with Gasteiger partial charge < -0.3 is 4.90 Å². The fraction of sp³-hybridized carbons (Fsp3) is 0.368. The summed E-state index contributed by atoms with van der Waals surface area (Å²) in [5, 5.41) is 0. The van der Waals surface area contributed by atoms with Crippen LogP contribution >= 0.6 is 15.9 Å². The molecule has 1 nitrogen and oxygen atoms in total. The van der Waals surface area contributed by atoms with Crippen molar-refractivity contribution in [2.45, 2.75) is 37.6 Å². The van der Waals surface area contributed by atoms with Crippen LogP contribution < -0.4 is 4.90 Å². The van der Waals surface area contributed by atoms with Gasteiger partial charge >= 0.3 is 0 Å². The average molecular weight is 360 g/mol. The van der Waals surface area contributed by atoms with Crippen molar-refractivity contribution < 1.29 is 4.39 Å². The maximum Gasteiger partial charge on any atom is 0.139 e. The summed E-state index contributed by atoms with van der Waals surface area (Å²) in [4.78, 5) is 2.37. The summed E-state index contributed by atoms with van der Waals surface area (Å²) >= 11 is 3.24. The summed E-state index contributed by atoms with van der Waals surface area (Å²) in [6.45, 7) is 1.00. The molecule has 0 amide bonds. The minimum atomic E-state index is -0.182. The number of hydrogen-bond acceptors (Lipinski definition) is 1. The van der Waals surface area contributed by atoms with Crippen LogP contribution in [-0.2, 0) is 0 Å². The highest BCUT2D eigenvalue weighted by molar-refractivity contribution is 9.10. The van der Waals surface area contributed by atoms with E-state index in [2.05, 4.69) is 45.1 Å². The predicted molar refractivity (Wildman–Crippen MR) is 91.8 cm³/mol. The Morgan fingerprint density at radius 2 is 1.77 bits per heavy atom. The lowest BCUT2D eigenvalue weighted by Crippen LogP contribution is -2.23. The first-order chi connectivity index (χ1) is 10.7. The quantitative estimate of drug-likeness (QED) is 0.668. The van der Waals surface area contributed by atoms with Crippen molar-refractivity contribution in [3.8, 4) is 0 Å². The van der Waals surface area contributed by atoms with Crippen LogP contribution in [-0.4, -0.2) is 6.54 Å². The average Bonchev–Trinajstić information content (AvgIpc) is 3.27. The molecule has 0 radical (unpaired) electrons. The molecular formula is C19H19BrFN. The lowest BCUT2D eigenvalue weighted by Gasteiger charge is -2.29. The summed E-state index contributed by atoms with van der Waals surface area (Å²) in [5.41, 5.74) is 3.96. The number of benzene rings is 2. The molecule has 22 heavy (non-hydrogen) atoms. The van der Waals surface area contributed by atoms with Gasteiger partial charge in [-0.05, 0) is 76.9 Å². The molecule has 0 aromatic heterocycles. The molecule has 0 bridgehead atoms. The van der Waals surface area contributed by atoms with Gasteiger partial charge in [-0.2, -0.15) is 0 Å². The molecule has 1 aliphatic heterocycles. The standard InChI is InChI=1S/C19H19BrFN/c20-17-10-9-14(12-18(17)21)22-11-3-6-19(22)16-5-2-1-4-15(16)13-7-8-13/h1-2,4-5,9-10,12-13,19H,3,6-8,11H2. The SMILES string of the molecule is Fc1cc(N2CCCC2c2ccccc2C2CC2)ccc1Br. The molecule has 1 saturated carbocycles. The van der Waals surface area contributed by atoms with Crippen LogP contribution in [0.4, 0.5) is 10.1 Å². The van der Waals surface area contributed by atoms with Crippen LogP contribution in [0.3, 0.4) is 0 Å². The molecule has 1 heterocycles. The van der Waals surface area contributed by atoms with Crippen molar-refractivity contribution in [1.29, 1.82) is 0 Å². The van der Waals surface area contributed by atoms with E-state index in [4.69, 9.17) is 0 Å². The second kappa shape index (κ2) is 5.69. The number of rotatable bonds is 3. The molecule has 3 heteroatoms. The zero-order chi connectivity index (χ0) is 15.1. The topological polar surface area (TPSA) is 3.24 Å². The summed E-state index contributed by atoms with van der Waals surface area (Å²) in [5.74, 6) is 0.568. The van der Waals surface area contributed by atoms with Crippen LogP contribution in [0.15, 0.2) is 46.9 Å². The number of nitrogens with zero attached hydrogens (tertiary/aromatic N) is 1. The van der Waals surface area contributed by atoms with E-state index in [1.807, 2.05) is 12.1 Å². The van der Waals surface area contributed by atoms with E-state index in [1.165, 1.54) is 30.4 Å². The Balaban J connectivity index is 1.70. The lowest BCUT2D eigenvalue weighted by atomic mass is 9.95. The Hall–Kier alpha value is -1.35. The van der Waals surface area contributed by atoms with Crippen molar-refractivity contribution in [3.05, 3.63) is 63.9 Å². The van der Waals surface area contributed by atoms with E-state index < -0.39 is 0 Å². The molecule has 0 spiro atoms. The summed E-state index contributed by atoms with van der Waals surface area (Å²) in [6.07, 6.45) is 4.95. The third kappa shape index (κ3) is 2.56. The molecule has 2 fully saturated rings. The molecule has 4 rings (SSSR count). The first-order valence-electron chi connectivity index (χ1n) is 8.04. The highest BCUT2D eigenvalue weighted by Gasteiger charge is 2.32. The minimum Gasteiger partial charge on any atom is -0.364 e. The second-order valence-corrected chi connectivity index (χ2v) is 7.21. The van der Waals surface area contributed by atoms with E-state index in [-0.39, 0.29) is 5.82 Å².